The van der Waals surface area contributed by atoms with E-state index in [1.807, 2.05) is 0 Å². The number of nitrogens with zero attached hydrogens (tertiary/aromatic N) is 2. The molecular formula is C12H7F3N2O3. The van der Waals surface area contributed by atoms with Gasteiger partial charge in [-0.25, -0.2) is 0 Å². The van der Waals surface area contributed by atoms with Gasteiger partial charge in [0.15, 0.2) is 17.1 Å². The van der Waals surface area contributed by atoms with Crippen molar-refractivity contribution in [3.63, 3.8) is 0 Å². The predicted octanol–water partition coefficient (Wildman–Crippen LogP) is 3.51. The number of furan rings is 1. The molecule has 0 aliphatic rings. The van der Waals surface area contributed by atoms with Gasteiger partial charge < -0.3 is 13.6 Å². The predicted molar refractivity (Wildman–Crippen MR) is 61.1 cm³/mol. The molecule has 5 nitrogen and oxygen atoms in total. The molecule has 0 aliphatic heterocycles. The molecule has 0 atom stereocenters. The van der Waals surface area contributed by atoms with E-state index in [0.717, 1.165) is 0 Å². The van der Waals surface area contributed by atoms with Crippen molar-refractivity contribution in [2.24, 2.45) is 0 Å². The van der Waals surface area contributed by atoms with E-state index in [2.05, 4.69) is 14.6 Å². The van der Waals surface area contributed by atoms with E-state index in [0.29, 0.717) is 16.7 Å². The molecular weight excluding hydrogens is 277 g/mol. The quantitative estimate of drug-likeness (QED) is 0.720. The summed E-state index contributed by atoms with van der Waals surface area (Å²) in [6.45, 7) is 0. The summed E-state index contributed by atoms with van der Waals surface area (Å²) in [6, 6.07) is 6.64. The van der Waals surface area contributed by atoms with Gasteiger partial charge in [0.2, 0.25) is 0 Å². The lowest BCUT2D eigenvalue weighted by Gasteiger charge is -1.98. The number of aromatic nitrogens is 2. The fourth-order valence-corrected chi connectivity index (χ4v) is 1.74. The Labute approximate surface area is 110 Å². The first-order valence-corrected chi connectivity index (χ1v) is 5.46. The van der Waals surface area contributed by atoms with Gasteiger partial charge >= 0.3 is 12.1 Å². The largest absolute Gasteiger partial charge is 0.493 e. The number of alkyl halides is 3. The number of halogens is 3. The highest BCUT2D eigenvalue weighted by atomic mass is 19.4. The normalized spacial score (nSPS) is 12.0. The standard InChI is InChI=1S/C12H7F3N2O3/c1-18-7-4-2-3-6-5-8(19-9(6)7)10-16-17-11(20-10)12(13,14)15/h2-5H,1H3. The maximum Gasteiger partial charge on any atom is 0.470 e. The highest BCUT2D eigenvalue weighted by Gasteiger charge is 2.38. The second-order valence-electron chi connectivity index (χ2n) is 3.90. The molecule has 1 aromatic carbocycles. The Hall–Kier alpha value is -2.51. The zero-order valence-electron chi connectivity index (χ0n) is 10.1. The zero-order chi connectivity index (χ0) is 14.3. The van der Waals surface area contributed by atoms with Gasteiger partial charge in [-0.15, -0.1) is 10.2 Å². The van der Waals surface area contributed by atoms with E-state index in [4.69, 9.17) is 9.15 Å². The molecule has 0 saturated carbocycles. The van der Waals surface area contributed by atoms with Crippen LogP contribution >= 0.6 is 0 Å². The maximum absolute atomic E-state index is 12.4. The van der Waals surface area contributed by atoms with Crippen LogP contribution in [0.4, 0.5) is 13.2 Å². The third kappa shape index (κ3) is 1.98. The molecule has 2 aromatic heterocycles. The van der Waals surface area contributed by atoms with Crippen LogP contribution in [-0.4, -0.2) is 17.3 Å². The minimum Gasteiger partial charge on any atom is -0.493 e. The molecule has 0 fully saturated rings. The molecule has 8 heteroatoms. The molecule has 0 radical (unpaired) electrons. The number of para-hydroxylation sites is 1. The van der Waals surface area contributed by atoms with Gasteiger partial charge in [-0.3, -0.25) is 0 Å². The van der Waals surface area contributed by atoms with Crippen molar-refractivity contribution in [1.29, 1.82) is 0 Å². The second kappa shape index (κ2) is 4.26. The van der Waals surface area contributed by atoms with E-state index < -0.39 is 12.1 Å². The van der Waals surface area contributed by atoms with Crippen molar-refractivity contribution >= 4 is 11.0 Å². The Bertz CT molecular complexity index is 761. The average Bonchev–Trinajstić information content (AvgIpc) is 3.03. The van der Waals surface area contributed by atoms with Gasteiger partial charge in [0.1, 0.15) is 0 Å². The molecule has 0 spiro atoms. The molecule has 0 amide bonds. The Morgan fingerprint density at radius 1 is 1.15 bits per heavy atom. The average molecular weight is 284 g/mol. The fraction of sp³-hybridized carbons (Fsp3) is 0.167. The molecule has 2 heterocycles. The number of hydrogen-bond acceptors (Lipinski definition) is 5. The summed E-state index contributed by atoms with van der Waals surface area (Å²) in [7, 11) is 1.46. The van der Waals surface area contributed by atoms with Crippen LogP contribution in [0.2, 0.25) is 0 Å². The van der Waals surface area contributed by atoms with Crippen LogP contribution < -0.4 is 4.74 Å². The van der Waals surface area contributed by atoms with Crippen LogP contribution in [0, 0.1) is 0 Å². The Balaban J connectivity index is 2.09. The summed E-state index contributed by atoms with van der Waals surface area (Å²) < 4.78 is 52.2. The second-order valence-corrected chi connectivity index (χ2v) is 3.90. The van der Waals surface area contributed by atoms with Crippen LogP contribution in [-0.2, 0) is 6.18 Å². The molecule has 3 aromatic rings. The number of methoxy groups -OCH3 is 1. The van der Waals surface area contributed by atoms with Crippen LogP contribution in [0.5, 0.6) is 5.75 Å². The monoisotopic (exact) mass is 284 g/mol. The number of fused-ring (bicyclic) bond motifs is 1. The molecule has 0 aliphatic carbocycles. The highest BCUT2D eigenvalue weighted by Crippen LogP contribution is 2.35. The lowest BCUT2D eigenvalue weighted by Crippen LogP contribution is -2.04. The Kier molecular flexibility index (Phi) is 2.66. The van der Waals surface area contributed by atoms with Crippen LogP contribution in [0.25, 0.3) is 22.6 Å². The van der Waals surface area contributed by atoms with Crippen LogP contribution in [0.15, 0.2) is 33.1 Å². The number of hydrogen-bond donors (Lipinski definition) is 0. The van der Waals surface area contributed by atoms with E-state index in [9.17, 15) is 13.2 Å². The van der Waals surface area contributed by atoms with E-state index >= 15 is 0 Å². The van der Waals surface area contributed by atoms with E-state index in [1.54, 1.807) is 18.2 Å². The molecule has 3 rings (SSSR count). The molecule has 104 valence electrons. The summed E-state index contributed by atoms with van der Waals surface area (Å²) in [6.07, 6.45) is -4.69. The van der Waals surface area contributed by atoms with Crippen molar-refractivity contribution in [3.8, 4) is 17.4 Å². The first kappa shape index (κ1) is 12.5. The van der Waals surface area contributed by atoms with Crippen molar-refractivity contribution in [3.05, 3.63) is 30.2 Å². The lowest BCUT2D eigenvalue weighted by atomic mass is 10.2. The SMILES string of the molecule is COc1cccc2cc(-c3nnc(C(F)(F)F)o3)oc12. The third-order valence-corrected chi connectivity index (χ3v) is 2.61. The fourth-order valence-electron chi connectivity index (χ4n) is 1.74. The number of benzene rings is 1. The summed E-state index contributed by atoms with van der Waals surface area (Å²) in [4.78, 5) is 0. The first-order valence-electron chi connectivity index (χ1n) is 5.46. The number of rotatable bonds is 2. The molecule has 0 bridgehead atoms. The van der Waals surface area contributed by atoms with Gasteiger partial charge in [0, 0.05) is 5.39 Å². The Morgan fingerprint density at radius 2 is 1.95 bits per heavy atom. The topological polar surface area (TPSA) is 61.3 Å². The summed E-state index contributed by atoms with van der Waals surface area (Å²) in [5.74, 6) is -1.24. The number of ether oxygens (including phenoxy) is 1. The van der Waals surface area contributed by atoms with Gasteiger partial charge in [-0.05, 0) is 12.1 Å². The van der Waals surface area contributed by atoms with Crippen molar-refractivity contribution in [1.82, 2.24) is 10.2 Å². The first-order chi connectivity index (χ1) is 9.49. The van der Waals surface area contributed by atoms with Gasteiger partial charge in [0.25, 0.3) is 5.89 Å². The summed E-state index contributed by atoms with van der Waals surface area (Å²) in [5.41, 5.74) is 0.400. The van der Waals surface area contributed by atoms with Crippen LogP contribution in [0.3, 0.4) is 0 Å². The minimum absolute atomic E-state index is 0.0486. The summed E-state index contributed by atoms with van der Waals surface area (Å²) in [5, 5.41) is 6.93. The van der Waals surface area contributed by atoms with Crippen molar-refractivity contribution in [2.45, 2.75) is 6.18 Å². The highest BCUT2D eigenvalue weighted by molar-refractivity contribution is 5.86. The smallest absolute Gasteiger partial charge is 0.470 e. The Morgan fingerprint density at radius 3 is 2.60 bits per heavy atom. The van der Waals surface area contributed by atoms with Gasteiger partial charge in [-0.1, -0.05) is 12.1 Å². The molecule has 0 saturated heterocycles. The van der Waals surface area contributed by atoms with Crippen LogP contribution in [0.1, 0.15) is 5.89 Å². The van der Waals surface area contributed by atoms with E-state index in [-0.39, 0.29) is 11.7 Å². The molecule has 0 unspecified atom stereocenters. The lowest BCUT2D eigenvalue weighted by molar-refractivity contribution is -0.157. The van der Waals surface area contributed by atoms with Gasteiger partial charge in [-0.2, -0.15) is 13.2 Å². The van der Waals surface area contributed by atoms with Gasteiger partial charge in [0.05, 0.1) is 7.11 Å². The van der Waals surface area contributed by atoms with Crippen molar-refractivity contribution in [2.75, 3.05) is 7.11 Å². The third-order valence-electron chi connectivity index (χ3n) is 2.61. The minimum atomic E-state index is -4.69. The maximum atomic E-state index is 12.4. The van der Waals surface area contributed by atoms with E-state index in [1.165, 1.54) is 13.2 Å². The summed E-state index contributed by atoms with van der Waals surface area (Å²) >= 11 is 0. The zero-order valence-corrected chi connectivity index (χ0v) is 10.1. The molecule has 0 N–H and O–H groups in total. The molecule has 20 heavy (non-hydrogen) atoms. The van der Waals surface area contributed by atoms with Crippen molar-refractivity contribution < 1.29 is 26.7 Å².